The summed E-state index contributed by atoms with van der Waals surface area (Å²) in [6.07, 6.45) is -0.453. The summed E-state index contributed by atoms with van der Waals surface area (Å²) < 4.78 is 5.53. The van der Waals surface area contributed by atoms with Gasteiger partial charge in [-0.3, -0.25) is 15.2 Å². The van der Waals surface area contributed by atoms with Crippen LogP contribution in [0.25, 0.3) is 0 Å². The number of nitrogens with zero attached hydrogens (tertiary/aromatic N) is 1. The third-order valence-electron chi connectivity index (χ3n) is 3.72. The van der Waals surface area contributed by atoms with Gasteiger partial charge in [-0.2, -0.15) is 0 Å². The Kier molecular flexibility index (Phi) is 5.24. The molecular formula is C18H21N3O2. The lowest BCUT2D eigenvalue weighted by atomic mass is 10.2. The molecule has 1 fully saturated rings. The first kappa shape index (κ1) is 15.5. The quantitative estimate of drug-likeness (QED) is 0.826. The van der Waals surface area contributed by atoms with Crippen molar-refractivity contribution in [3.8, 4) is 0 Å². The maximum Gasteiger partial charge on any atom is 0.268 e. The molecule has 23 heavy (non-hydrogen) atoms. The number of morpholine rings is 1. The molecule has 1 atom stereocenters. The fraction of sp³-hybridized carbons (Fsp3) is 0.278. The van der Waals surface area contributed by atoms with E-state index >= 15 is 0 Å². The SMILES string of the molecule is O=C(NN(Cc1ccccc1)c1ccccc1)C1CNCCO1. The van der Waals surface area contributed by atoms with Gasteiger partial charge in [-0.1, -0.05) is 48.5 Å². The van der Waals surface area contributed by atoms with Crippen molar-refractivity contribution in [1.29, 1.82) is 0 Å². The first-order valence-corrected chi connectivity index (χ1v) is 7.82. The number of hydrazine groups is 1. The minimum Gasteiger partial charge on any atom is -0.366 e. The van der Waals surface area contributed by atoms with E-state index in [0.29, 0.717) is 19.7 Å². The van der Waals surface area contributed by atoms with E-state index in [1.165, 1.54) is 0 Å². The Hall–Kier alpha value is -2.37. The number of carbonyl (C=O) groups is 1. The first-order chi connectivity index (χ1) is 11.3. The Labute approximate surface area is 136 Å². The van der Waals surface area contributed by atoms with E-state index in [4.69, 9.17) is 4.74 Å². The van der Waals surface area contributed by atoms with E-state index < -0.39 is 6.10 Å². The molecule has 0 radical (unpaired) electrons. The van der Waals surface area contributed by atoms with Crippen LogP contribution in [0.3, 0.4) is 0 Å². The van der Waals surface area contributed by atoms with E-state index in [1.54, 1.807) is 0 Å². The third-order valence-corrected chi connectivity index (χ3v) is 3.72. The van der Waals surface area contributed by atoms with E-state index in [9.17, 15) is 4.79 Å². The van der Waals surface area contributed by atoms with Gasteiger partial charge in [0.05, 0.1) is 18.8 Å². The van der Waals surface area contributed by atoms with Crippen LogP contribution in [0.5, 0.6) is 0 Å². The maximum atomic E-state index is 12.5. The fourth-order valence-corrected chi connectivity index (χ4v) is 2.51. The molecule has 3 rings (SSSR count). The Morgan fingerprint density at radius 3 is 2.48 bits per heavy atom. The molecule has 0 aromatic heterocycles. The van der Waals surface area contributed by atoms with E-state index in [1.807, 2.05) is 65.7 Å². The minimum absolute atomic E-state index is 0.128. The Bertz CT molecular complexity index is 613. The van der Waals surface area contributed by atoms with Crippen molar-refractivity contribution in [2.45, 2.75) is 12.6 Å². The molecule has 1 aliphatic heterocycles. The van der Waals surface area contributed by atoms with Gasteiger partial charge in [0.15, 0.2) is 0 Å². The molecule has 0 bridgehead atoms. The van der Waals surface area contributed by atoms with Crippen LogP contribution in [-0.2, 0) is 16.1 Å². The monoisotopic (exact) mass is 311 g/mol. The minimum atomic E-state index is -0.453. The lowest BCUT2D eigenvalue weighted by molar-refractivity contribution is -0.134. The van der Waals surface area contributed by atoms with Crippen molar-refractivity contribution in [3.05, 3.63) is 66.2 Å². The average Bonchev–Trinajstić information content (AvgIpc) is 2.63. The van der Waals surface area contributed by atoms with Crippen molar-refractivity contribution in [2.24, 2.45) is 0 Å². The van der Waals surface area contributed by atoms with Crippen LogP contribution in [0.15, 0.2) is 60.7 Å². The summed E-state index contributed by atoms with van der Waals surface area (Å²) in [6.45, 7) is 2.48. The van der Waals surface area contributed by atoms with Gasteiger partial charge in [0.25, 0.3) is 5.91 Å². The van der Waals surface area contributed by atoms with Gasteiger partial charge in [0, 0.05) is 13.1 Å². The van der Waals surface area contributed by atoms with Crippen LogP contribution in [0.4, 0.5) is 5.69 Å². The molecule has 1 unspecified atom stereocenters. The predicted octanol–water partition coefficient (Wildman–Crippen LogP) is 1.71. The lowest BCUT2D eigenvalue weighted by Gasteiger charge is -2.29. The highest BCUT2D eigenvalue weighted by molar-refractivity contribution is 5.82. The number of anilines is 1. The average molecular weight is 311 g/mol. The predicted molar refractivity (Wildman–Crippen MR) is 89.8 cm³/mol. The number of amides is 1. The Morgan fingerprint density at radius 2 is 1.83 bits per heavy atom. The van der Waals surface area contributed by atoms with Gasteiger partial charge in [0.2, 0.25) is 0 Å². The molecule has 2 aromatic carbocycles. The standard InChI is InChI=1S/C18H21N3O2/c22-18(17-13-19-11-12-23-17)20-21(16-9-5-2-6-10-16)14-15-7-3-1-4-8-15/h1-10,17,19H,11-14H2,(H,20,22). The highest BCUT2D eigenvalue weighted by Crippen LogP contribution is 2.15. The molecule has 5 nitrogen and oxygen atoms in total. The zero-order valence-corrected chi connectivity index (χ0v) is 12.9. The molecule has 2 N–H and O–H groups in total. The van der Waals surface area contributed by atoms with Crippen molar-refractivity contribution in [1.82, 2.24) is 10.7 Å². The molecule has 0 saturated carbocycles. The number of carbonyl (C=O) groups excluding carboxylic acids is 1. The molecule has 5 heteroatoms. The Balaban J connectivity index is 1.73. The molecule has 0 spiro atoms. The zero-order valence-electron chi connectivity index (χ0n) is 12.9. The second-order valence-corrected chi connectivity index (χ2v) is 5.45. The smallest absolute Gasteiger partial charge is 0.268 e. The molecule has 1 heterocycles. The highest BCUT2D eigenvalue weighted by atomic mass is 16.5. The third kappa shape index (κ3) is 4.31. The zero-order chi connectivity index (χ0) is 15.9. The van der Waals surface area contributed by atoms with Crippen molar-refractivity contribution in [2.75, 3.05) is 24.7 Å². The number of ether oxygens (including phenoxy) is 1. The van der Waals surface area contributed by atoms with Gasteiger partial charge in [-0.05, 0) is 17.7 Å². The number of hydrogen-bond acceptors (Lipinski definition) is 4. The van der Waals surface area contributed by atoms with Crippen molar-refractivity contribution in [3.63, 3.8) is 0 Å². The molecule has 1 saturated heterocycles. The summed E-state index contributed by atoms with van der Waals surface area (Å²) >= 11 is 0. The van der Waals surface area contributed by atoms with E-state index in [-0.39, 0.29) is 5.91 Å². The van der Waals surface area contributed by atoms with E-state index in [2.05, 4.69) is 10.7 Å². The normalized spacial score (nSPS) is 17.5. The van der Waals surface area contributed by atoms with Crippen LogP contribution in [0.2, 0.25) is 0 Å². The van der Waals surface area contributed by atoms with Crippen LogP contribution >= 0.6 is 0 Å². The summed E-state index contributed by atoms with van der Waals surface area (Å²) in [7, 11) is 0. The molecule has 2 aromatic rings. The molecule has 120 valence electrons. The van der Waals surface area contributed by atoms with Gasteiger partial charge in [0.1, 0.15) is 6.10 Å². The molecule has 0 aliphatic carbocycles. The largest absolute Gasteiger partial charge is 0.366 e. The number of hydrogen-bond donors (Lipinski definition) is 2. The maximum absolute atomic E-state index is 12.5. The van der Waals surface area contributed by atoms with Gasteiger partial charge in [-0.15, -0.1) is 0 Å². The van der Waals surface area contributed by atoms with Crippen LogP contribution in [0.1, 0.15) is 5.56 Å². The van der Waals surface area contributed by atoms with Crippen molar-refractivity contribution < 1.29 is 9.53 Å². The van der Waals surface area contributed by atoms with Crippen LogP contribution < -0.4 is 15.8 Å². The lowest BCUT2D eigenvalue weighted by Crippen LogP contribution is -2.52. The summed E-state index contributed by atoms with van der Waals surface area (Å²) in [4.78, 5) is 12.5. The molecular weight excluding hydrogens is 290 g/mol. The van der Waals surface area contributed by atoms with Crippen LogP contribution in [0, 0.1) is 0 Å². The van der Waals surface area contributed by atoms with E-state index in [0.717, 1.165) is 17.8 Å². The second kappa shape index (κ2) is 7.76. The summed E-state index contributed by atoms with van der Waals surface area (Å²) in [5.74, 6) is -0.128. The van der Waals surface area contributed by atoms with Crippen LogP contribution in [-0.4, -0.2) is 31.7 Å². The summed E-state index contributed by atoms with van der Waals surface area (Å²) in [5.41, 5.74) is 5.04. The first-order valence-electron chi connectivity index (χ1n) is 7.82. The number of benzene rings is 2. The topological polar surface area (TPSA) is 53.6 Å². The Morgan fingerprint density at radius 1 is 1.13 bits per heavy atom. The van der Waals surface area contributed by atoms with Gasteiger partial charge < -0.3 is 10.1 Å². The number of rotatable bonds is 5. The van der Waals surface area contributed by atoms with Crippen molar-refractivity contribution >= 4 is 11.6 Å². The summed E-state index contributed by atoms with van der Waals surface area (Å²) in [5, 5.41) is 5.03. The molecule has 1 amide bonds. The number of nitrogens with one attached hydrogen (secondary N) is 2. The van der Waals surface area contributed by atoms with Gasteiger partial charge in [-0.25, -0.2) is 0 Å². The second-order valence-electron chi connectivity index (χ2n) is 5.45. The van der Waals surface area contributed by atoms with Gasteiger partial charge >= 0.3 is 0 Å². The fourth-order valence-electron chi connectivity index (χ4n) is 2.51. The molecule has 1 aliphatic rings. The summed E-state index contributed by atoms with van der Waals surface area (Å²) in [6, 6.07) is 19.9. The highest BCUT2D eigenvalue weighted by Gasteiger charge is 2.23. The number of para-hydroxylation sites is 1.